The lowest BCUT2D eigenvalue weighted by Gasteiger charge is -2.26. The predicted molar refractivity (Wildman–Crippen MR) is 112 cm³/mol. The first-order chi connectivity index (χ1) is 14.4. The number of halogens is 4. The molecule has 4 rings (SSSR count). The van der Waals surface area contributed by atoms with Crippen LogP contribution in [0.3, 0.4) is 0 Å². The summed E-state index contributed by atoms with van der Waals surface area (Å²) in [5, 5.41) is 4.12. The van der Waals surface area contributed by atoms with Gasteiger partial charge in [0, 0.05) is 17.8 Å². The molecule has 0 spiro atoms. The number of rotatable bonds is 5. The van der Waals surface area contributed by atoms with Gasteiger partial charge in [0.1, 0.15) is 12.0 Å². The average Bonchev–Trinajstić information content (AvgIpc) is 3.23. The van der Waals surface area contributed by atoms with Crippen LogP contribution in [0.15, 0.2) is 49.2 Å². The third-order valence-corrected chi connectivity index (χ3v) is 5.36. The molecule has 3 aromatic rings. The van der Waals surface area contributed by atoms with Crippen LogP contribution in [0, 0.1) is 5.92 Å². The third-order valence-electron chi connectivity index (χ3n) is 5.36. The molecule has 1 aromatic carbocycles. The average molecular weight is 454 g/mol. The zero-order valence-corrected chi connectivity index (χ0v) is 17.4. The first-order valence-electron chi connectivity index (χ1n) is 9.82. The zero-order valence-electron chi connectivity index (χ0n) is 16.6. The second kappa shape index (κ2) is 9.65. The van der Waals surface area contributed by atoms with E-state index in [1.165, 1.54) is 35.5 Å². The van der Waals surface area contributed by atoms with Crippen LogP contribution in [0.25, 0.3) is 16.9 Å². The molecule has 2 N–H and O–H groups in total. The predicted octanol–water partition coefficient (Wildman–Crippen LogP) is 4.67. The fourth-order valence-electron chi connectivity index (χ4n) is 3.69. The summed E-state index contributed by atoms with van der Waals surface area (Å²) in [5.41, 5.74) is 6.19. The van der Waals surface area contributed by atoms with Crippen LogP contribution in [0.5, 0.6) is 5.75 Å². The van der Waals surface area contributed by atoms with Crippen molar-refractivity contribution in [1.82, 2.24) is 19.7 Å². The highest BCUT2D eigenvalue weighted by Gasteiger charge is 2.34. The Morgan fingerprint density at radius 2 is 1.84 bits per heavy atom. The molecule has 0 saturated heterocycles. The number of nitrogens with two attached hydrogens (primary N) is 1. The van der Waals surface area contributed by atoms with Gasteiger partial charge in [-0.05, 0) is 43.7 Å². The van der Waals surface area contributed by atoms with Crippen molar-refractivity contribution in [3.05, 3.63) is 54.7 Å². The fourth-order valence-corrected chi connectivity index (χ4v) is 3.69. The Morgan fingerprint density at radius 1 is 1.10 bits per heavy atom. The van der Waals surface area contributed by atoms with E-state index in [0.717, 1.165) is 31.7 Å². The summed E-state index contributed by atoms with van der Waals surface area (Å²) < 4.78 is 47.2. The molecule has 1 fully saturated rings. The van der Waals surface area contributed by atoms with Crippen LogP contribution in [0.4, 0.5) is 13.2 Å². The van der Waals surface area contributed by atoms with E-state index in [1.807, 2.05) is 0 Å². The van der Waals surface area contributed by atoms with Gasteiger partial charge >= 0.3 is 6.18 Å². The van der Waals surface area contributed by atoms with Gasteiger partial charge in [0.25, 0.3) is 0 Å². The molecule has 1 saturated carbocycles. The molecule has 0 unspecified atom stereocenters. The highest BCUT2D eigenvalue weighted by atomic mass is 35.5. The highest BCUT2D eigenvalue weighted by molar-refractivity contribution is 5.85. The lowest BCUT2D eigenvalue weighted by Crippen LogP contribution is -2.28. The molecular weight excluding hydrogens is 431 g/mol. The van der Waals surface area contributed by atoms with Gasteiger partial charge in [0.15, 0.2) is 5.75 Å². The smallest absolute Gasteiger partial charge is 0.418 e. The van der Waals surface area contributed by atoms with Crippen molar-refractivity contribution in [2.24, 2.45) is 11.7 Å². The molecule has 0 amide bonds. The van der Waals surface area contributed by atoms with Crippen molar-refractivity contribution in [3.8, 4) is 22.7 Å². The summed E-state index contributed by atoms with van der Waals surface area (Å²) in [6.45, 7) is 0.526. The normalized spacial score (nSPS) is 19.0. The Balaban J connectivity index is 0.00000272. The minimum Gasteiger partial charge on any atom is -0.489 e. The standard InChI is InChI=1S/C21H22F3N5O.ClH/c22-21(23,24)17-3-1-2-4-18(17)29-11-15(9-28-29)20-19(10-26-13-27-20)30-12-14-5-7-16(25)8-6-14;/h1-4,9-11,13-14,16H,5-8,12,25H2;1H. The van der Waals surface area contributed by atoms with Gasteiger partial charge < -0.3 is 10.5 Å². The maximum atomic E-state index is 13.3. The molecule has 2 aromatic heterocycles. The van der Waals surface area contributed by atoms with Crippen LogP contribution in [0.2, 0.25) is 0 Å². The Labute approximate surface area is 184 Å². The Hall–Kier alpha value is -2.65. The monoisotopic (exact) mass is 453 g/mol. The lowest BCUT2D eigenvalue weighted by atomic mass is 9.87. The zero-order chi connectivity index (χ0) is 21.1. The van der Waals surface area contributed by atoms with E-state index in [0.29, 0.717) is 29.5 Å². The molecule has 31 heavy (non-hydrogen) atoms. The van der Waals surface area contributed by atoms with E-state index in [1.54, 1.807) is 12.3 Å². The number of para-hydroxylation sites is 1. The topological polar surface area (TPSA) is 78.8 Å². The van der Waals surface area contributed by atoms with E-state index in [4.69, 9.17) is 10.5 Å². The van der Waals surface area contributed by atoms with Crippen molar-refractivity contribution >= 4 is 12.4 Å². The van der Waals surface area contributed by atoms with Gasteiger partial charge in [-0.3, -0.25) is 0 Å². The quantitative estimate of drug-likeness (QED) is 0.607. The summed E-state index contributed by atoms with van der Waals surface area (Å²) in [4.78, 5) is 8.30. The van der Waals surface area contributed by atoms with Crippen molar-refractivity contribution in [1.29, 1.82) is 0 Å². The number of ether oxygens (including phenoxy) is 1. The molecule has 0 bridgehead atoms. The minimum absolute atomic E-state index is 0. The summed E-state index contributed by atoms with van der Waals surface area (Å²) in [6, 6.07) is 5.57. The Morgan fingerprint density at radius 3 is 2.58 bits per heavy atom. The van der Waals surface area contributed by atoms with E-state index in [9.17, 15) is 13.2 Å². The summed E-state index contributed by atoms with van der Waals surface area (Å²) in [7, 11) is 0. The molecule has 1 aliphatic carbocycles. The molecule has 166 valence electrons. The molecule has 0 atom stereocenters. The van der Waals surface area contributed by atoms with Crippen LogP contribution in [-0.4, -0.2) is 32.4 Å². The van der Waals surface area contributed by atoms with Gasteiger partial charge in [-0.15, -0.1) is 12.4 Å². The first-order valence-corrected chi connectivity index (χ1v) is 9.82. The molecule has 2 heterocycles. The Kier molecular flexibility index (Phi) is 7.17. The molecule has 1 aliphatic rings. The van der Waals surface area contributed by atoms with E-state index in [-0.39, 0.29) is 24.1 Å². The minimum atomic E-state index is -4.48. The van der Waals surface area contributed by atoms with E-state index in [2.05, 4.69) is 15.1 Å². The fraction of sp³-hybridized carbons (Fsp3) is 0.381. The lowest BCUT2D eigenvalue weighted by molar-refractivity contribution is -0.137. The highest BCUT2D eigenvalue weighted by Crippen LogP contribution is 2.35. The van der Waals surface area contributed by atoms with Crippen LogP contribution in [-0.2, 0) is 6.18 Å². The number of benzene rings is 1. The van der Waals surface area contributed by atoms with Gasteiger partial charge in [0.2, 0.25) is 0 Å². The molecule has 6 nitrogen and oxygen atoms in total. The van der Waals surface area contributed by atoms with Crippen molar-refractivity contribution < 1.29 is 17.9 Å². The van der Waals surface area contributed by atoms with Crippen molar-refractivity contribution in [2.75, 3.05) is 6.61 Å². The second-order valence-corrected chi connectivity index (χ2v) is 7.52. The maximum Gasteiger partial charge on any atom is 0.418 e. The van der Waals surface area contributed by atoms with Gasteiger partial charge in [-0.2, -0.15) is 18.3 Å². The van der Waals surface area contributed by atoms with Gasteiger partial charge in [-0.1, -0.05) is 12.1 Å². The molecule has 0 radical (unpaired) electrons. The van der Waals surface area contributed by atoms with Crippen LogP contribution >= 0.6 is 12.4 Å². The number of hydrogen-bond donors (Lipinski definition) is 1. The molecular formula is C21H23ClF3N5O. The van der Waals surface area contributed by atoms with Crippen molar-refractivity contribution in [3.63, 3.8) is 0 Å². The first kappa shape index (κ1) is 23.0. The maximum absolute atomic E-state index is 13.3. The molecule has 0 aliphatic heterocycles. The van der Waals surface area contributed by atoms with Gasteiger partial charge in [0.05, 0.1) is 30.3 Å². The van der Waals surface area contributed by atoms with Crippen molar-refractivity contribution in [2.45, 2.75) is 37.9 Å². The summed E-state index contributed by atoms with van der Waals surface area (Å²) in [6.07, 6.45) is 5.44. The van der Waals surface area contributed by atoms with E-state index >= 15 is 0 Å². The summed E-state index contributed by atoms with van der Waals surface area (Å²) in [5.74, 6) is 0.898. The number of nitrogens with zero attached hydrogens (tertiary/aromatic N) is 4. The van der Waals surface area contributed by atoms with Crippen LogP contribution < -0.4 is 10.5 Å². The number of aromatic nitrogens is 4. The third kappa shape index (κ3) is 5.34. The van der Waals surface area contributed by atoms with Gasteiger partial charge in [-0.25, -0.2) is 14.6 Å². The summed E-state index contributed by atoms with van der Waals surface area (Å²) >= 11 is 0. The van der Waals surface area contributed by atoms with Crippen LogP contribution in [0.1, 0.15) is 31.2 Å². The largest absolute Gasteiger partial charge is 0.489 e. The number of hydrogen-bond acceptors (Lipinski definition) is 5. The Bertz CT molecular complexity index is 1000. The number of alkyl halides is 3. The SMILES string of the molecule is Cl.NC1CCC(COc2cncnc2-c2cnn(-c3ccccc3C(F)(F)F)c2)CC1. The molecule has 10 heteroatoms. The van der Waals surface area contributed by atoms with E-state index < -0.39 is 11.7 Å². The second-order valence-electron chi connectivity index (χ2n) is 7.52.